The molecule has 2 aromatic heterocycles. The number of hydrogen-bond donors (Lipinski definition) is 0. The standard InChI is InChI=1S/C32H34N4O3S/c1-8-39-31(38)28-21(4)33-32-36(29(28)23-12-14-25(15-13-23)34(6)7)30(37)27(40-32)18-24-17-20(3)35(22(24)5)26-11-9-10-19(2)16-26/h9-18,29H,8H2,1-7H3/b27-18+/t29-/m0/s1. The quantitative estimate of drug-likeness (QED) is 0.327. The van der Waals surface area contributed by atoms with Gasteiger partial charge in [0.2, 0.25) is 0 Å². The Bertz CT molecular complexity index is 1820. The van der Waals surface area contributed by atoms with E-state index in [0.717, 1.165) is 33.9 Å². The number of ether oxygens (including phenoxy) is 1. The summed E-state index contributed by atoms with van der Waals surface area (Å²) in [4.78, 5) is 34.5. The third-order valence-electron chi connectivity index (χ3n) is 7.26. The molecule has 206 valence electrons. The number of allylic oxidation sites excluding steroid dienone is 1. The largest absolute Gasteiger partial charge is 0.463 e. The number of fused-ring (bicyclic) bond motifs is 1. The summed E-state index contributed by atoms with van der Waals surface area (Å²) in [6, 6.07) is 17.7. The summed E-state index contributed by atoms with van der Waals surface area (Å²) < 4.78 is 9.82. The maximum Gasteiger partial charge on any atom is 0.338 e. The smallest absolute Gasteiger partial charge is 0.338 e. The average Bonchev–Trinajstić information content (AvgIpc) is 3.37. The van der Waals surface area contributed by atoms with Gasteiger partial charge >= 0.3 is 5.97 Å². The first-order valence-electron chi connectivity index (χ1n) is 13.3. The van der Waals surface area contributed by atoms with Crippen molar-refractivity contribution in [2.75, 3.05) is 25.6 Å². The molecule has 0 unspecified atom stereocenters. The van der Waals surface area contributed by atoms with Crippen molar-refractivity contribution in [3.05, 3.63) is 114 Å². The number of rotatable bonds is 6. The molecule has 0 fully saturated rings. The van der Waals surface area contributed by atoms with E-state index in [9.17, 15) is 9.59 Å². The van der Waals surface area contributed by atoms with Crippen molar-refractivity contribution >= 4 is 29.1 Å². The highest BCUT2D eigenvalue weighted by Gasteiger charge is 2.33. The molecule has 0 bridgehead atoms. The van der Waals surface area contributed by atoms with Gasteiger partial charge in [0.25, 0.3) is 5.56 Å². The lowest BCUT2D eigenvalue weighted by atomic mass is 9.95. The van der Waals surface area contributed by atoms with Gasteiger partial charge in [-0.3, -0.25) is 9.36 Å². The highest BCUT2D eigenvalue weighted by Crippen LogP contribution is 2.31. The number of aryl methyl sites for hydroxylation is 2. The summed E-state index contributed by atoms with van der Waals surface area (Å²) in [5.41, 5.74) is 8.00. The van der Waals surface area contributed by atoms with E-state index in [0.29, 0.717) is 20.6 Å². The molecule has 4 aromatic rings. The van der Waals surface area contributed by atoms with E-state index in [4.69, 9.17) is 9.73 Å². The fourth-order valence-corrected chi connectivity index (χ4v) is 6.34. The fourth-order valence-electron chi connectivity index (χ4n) is 5.30. The third kappa shape index (κ3) is 4.84. The van der Waals surface area contributed by atoms with Crippen LogP contribution in [0.5, 0.6) is 0 Å². The SMILES string of the molecule is CCOC(=O)C1=C(C)N=c2s/c(=C/c3cc(C)n(-c4cccc(C)c4)c3C)c(=O)n2[C@H]1c1ccc(N(C)C)cc1. The lowest BCUT2D eigenvalue weighted by Crippen LogP contribution is -2.40. The Balaban J connectivity index is 1.68. The molecule has 5 rings (SSSR count). The van der Waals surface area contributed by atoms with E-state index < -0.39 is 12.0 Å². The molecule has 0 spiro atoms. The Morgan fingerprint density at radius 1 is 1.07 bits per heavy atom. The molecule has 1 atom stereocenters. The van der Waals surface area contributed by atoms with Crippen LogP contribution >= 0.6 is 11.3 Å². The van der Waals surface area contributed by atoms with Crippen LogP contribution in [0.1, 0.15) is 48.0 Å². The van der Waals surface area contributed by atoms with Crippen molar-refractivity contribution < 1.29 is 9.53 Å². The molecule has 1 aliphatic rings. The summed E-state index contributed by atoms with van der Waals surface area (Å²) >= 11 is 1.34. The van der Waals surface area contributed by atoms with E-state index in [2.05, 4.69) is 55.7 Å². The molecular formula is C32H34N4O3S. The molecule has 0 aliphatic carbocycles. The van der Waals surface area contributed by atoms with Crippen LogP contribution in [-0.2, 0) is 9.53 Å². The summed E-state index contributed by atoms with van der Waals surface area (Å²) in [6.07, 6.45) is 1.94. The Morgan fingerprint density at radius 3 is 2.45 bits per heavy atom. The Labute approximate surface area is 238 Å². The first-order chi connectivity index (χ1) is 19.1. The fraction of sp³-hybridized carbons (Fsp3) is 0.281. The van der Waals surface area contributed by atoms with Gasteiger partial charge in [-0.2, -0.15) is 0 Å². The molecule has 3 heterocycles. The summed E-state index contributed by atoms with van der Waals surface area (Å²) in [6.45, 7) is 10.0. The number of nitrogens with zero attached hydrogens (tertiary/aromatic N) is 4. The summed E-state index contributed by atoms with van der Waals surface area (Å²) in [7, 11) is 3.95. The van der Waals surface area contributed by atoms with Gasteiger partial charge in [-0.15, -0.1) is 0 Å². The van der Waals surface area contributed by atoms with E-state index in [1.807, 2.05) is 49.3 Å². The van der Waals surface area contributed by atoms with Crippen LogP contribution in [0.3, 0.4) is 0 Å². The number of carbonyl (C=O) groups is 1. The first kappa shape index (κ1) is 27.4. The second-order valence-corrected chi connectivity index (χ2v) is 11.3. The zero-order valence-electron chi connectivity index (χ0n) is 24.0. The third-order valence-corrected chi connectivity index (χ3v) is 8.24. The van der Waals surface area contributed by atoms with Crippen LogP contribution in [0, 0.1) is 20.8 Å². The van der Waals surface area contributed by atoms with Crippen LogP contribution in [0.4, 0.5) is 5.69 Å². The first-order valence-corrected chi connectivity index (χ1v) is 14.1. The Morgan fingerprint density at radius 2 is 1.80 bits per heavy atom. The number of carbonyl (C=O) groups excluding carboxylic acids is 1. The van der Waals surface area contributed by atoms with Crippen LogP contribution in [-0.4, -0.2) is 35.8 Å². The van der Waals surface area contributed by atoms with Crippen LogP contribution < -0.4 is 19.8 Å². The second kappa shape index (κ2) is 10.8. The normalized spacial score (nSPS) is 15.2. The maximum absolute atomic E-state index is 14.0. The van der Waals surface area contributed by atoms with Crippen molar-refractivity contribution in [1.29, 1.82) is 0 Å². The summed E-state index contributed by atoms with van der Waals surface area (Å²) in [5.74, 6) is -0.457. The van der Waals surface area contributed by atoms with Gasteiger partial charge in [0, 0.05) is 36.9 Å². The molecule has 1 aliphatic heterocycles. The van der Waals surface area contributed by atoms with Gasteiger partial charge in [-0.1, -0.05) is 35.6 Å². The maximum atomic E-state index is 14.0. The summed E-state index contributed by atoms with van der Waals surface area (Å²) in [5, 5.41) is 0. The van der Waals surface area contributed by atoms with E-state index in [1.54, 1.807) is 18.4 Å². The zero-order valence-corrected chi connectivity index (χ0v) is 24.8. The number of aromatic nitrogens is 2. The van der Waals surface area contributed by atoms with Gasteiger partial charge in [-0.05, 0) is 87.7 Å². The predicted molar refractivity (Wildman–Crippen MR) is 161 cm³/mol. The predicted octanol–water partition coefficient (Wildman–Crippen LogP) is 4.58. The molecule has 2 aromatic carbocycles. The van der Waals surface area contributed by atoms with Crippen LogP contribution in [0.15, 0.2) is 75.7 Å². The van der Waals surface area contributed by atoms with Crippen molar-refractivity contribution in [3.8, 4) is 5.69 Å². The number of hydrogen-bond acceptors (Lipinski definition) is 6. The van der Waals surface area contributed by atoms with Gasteiger partial charge in [0.15, 0.2) is 4.80 Å². The molecular weight excluding hydrogens is 520 g/mol. The highest BCUT2D eigenvalue weighted by atomic mass is 32.1. The van der Waals surface area contributed by atoms with E-state index in [1.165, 1.54) is 16.9 Å². The highest BCUT2D eigenvalue weighted by molar-refractivity contribution is 7.07. The number of thiazole rings is 1. The average molecular weight is 555 g/mol. The van der Waals surface area contributed by atoms with Gasteiger partial charge in [-0.25, -0.2) is 9.79 Å². The molecule has 0 saturated carbocycles. The van der Waals surface area contributed by atoms with E-state index >= 15 is 0 Å². The zero-order chi connectivity index (χ0) is 28.7. The number of anilines is 1. The number of benzene rings is 2. The molecule has 0 radical (unpaired) electrons. The van der Waals surface area contributed by atoms with Gasteiger partial charge in [0.1, 0.15) is 0 Å². The van der Waals surface area contributed by atoms with E-state index in [-0.39, 0.29) is 12.2 Å². The topological polar surface area (TPSA) is 68.8 Å². The molecule has 0 N–H and O–H groups in total. The molecule has 40 heavy (non-hydrogen) atoms. The minimum atomic E-state index is -0.631. The van der Waals surface area contributed by atoms with Gasteiger partial charge in [0.05, 0.1) is 28.5 Å². The van der Waals surface area contributed by atoms with Crippen molar-refractivity contribution in [1.82, 2.24) is 9.13 Å². The van der Waals surface area contributed by atoms with Gasteiger partial charge < -0.3 is 14.2 Å². The minimum absolute atomic E-state index is 0.180. The molecule has 8 heteroatoms. The van der Waals surface area contributed by atoms with Crippen molar-refractivity contribution in [3.63, 3.8) is 0 Å². The lowest BCUT2D eigenvalue weighted by molar-refractivity contribution is -0.139. The Kier molecular flexibility index (Phi) is 7.38. The van der Waals surface area contributed by atoms with Crippen LogP contribution in [0.2, 0.25) is 0 Å². The van der Waals surface area contributed by atoms with Crippen molar-refractivity contribution in [2.45, 2.75) is 40.7 Å². The monoisotopic (exact) mass is 554 g/mol. The second-order valence-electron chi connectivity index (χ2n) is 10.3. The molecule has 0 amide bonds. The van der Waals surface area contributed by atoms with Crippen molar-refractivity contribution in [2.24, 2.45) is 4.99 Å². The minimum Gasteiger partial charge on any atom is -0.463 e. The number of esters is 1. The Hall–Kier alpha value is -4.17. The molecule has 7 nitrogen and oxygen atoms in total. The molecule has 0 saturated heterocycles. The lowest BCUT2D eigenvalue weighted by Gasteiger charge is -2.25. The van der Waals surface area contributed by atoms with Crippen LogP contribution in [0.25, 0.3) is 11.8 Å².